The Morgan fingerprint density at radius 2 is 0.458 bits per heavy atom. The topological polar surface area (TPSA) is 0 Å². The minimum atomic E-state index is -0.606. The molecule has 0 N–H and O–H groups in total. The average Bonchev–Trinajstić information content (AvgIpc) is 2.06. The van der Waals surface area contributed by atoms with E-state index in [1.54, 1.807) is 0 Å². The van der Waals surface area contributed by atoms with Gasteiger partial charge in [0.2, 0.25) is 0 Å². The van der Waals surface area contributed by atoms with Crippen LogP contribution in [0.15, 0.2) is 0 Å². The van der Waals surface area contributed by atoms with Gasteiger partial charge in [-0.1, -0.05) is 0 Å². The van der Waals surface area contributed by atoms with Crippen LogP contribution in [0, 0.1) is 0 Å². The molecule has 0 aliphatic rings. The molecule has 146 valence electrons. The maximum absolute atomic E-state index is 2.52. The van der Waals surface area contributed by atoms with E-state index in [1.165, 1.54) is 0 Å². The van der Waals surface area contributed by atoms with Gasteiger partial charge in [-0.15, -0.1) is 0 Å². The third kappa shape index (κ3) is 63.6. The molecule has 0 aromatic rings. The van der Waals surface area contributed by atoms with Crippen LogP contribution in [0.25, 0.3) is 0 Å². The Balaban J connectivity index is -0.000000126. The van der Waals surface area contributed by atoms with Crippen molar-refractivity contribution in [2.75, 3.05) is 0 Å². The molecule has 0 heterocycles. The van der Waals surface area contributed by atoms with E-state index >= 15 is 0 Å². The third-order valence-electron chi connectivity index (χ3n) is 1.50. The van der Waals surface area contributed by atoms with Crippen molar-refractivity contribution in [3.05, 3.63) is 0 Å². The first-order chi connectivity index (χ1) is 10.2. The van der Waals surface area contributed by atoms with Crippen molar-refractivity contribution in [3.8, 4) is 0 Å². The van der Waals surface area contributed by atoms with Gasteiger partial charge >= 0.3 is 200 Å². The zero-order valence-electron chi connectivity index (χ0n) is 20.2. The first-order valence-electron chi connectivity index (χ1n) is 9.31. The summed E-state index contributed by atoms with van der Waals surface area (Å²) in [5.74, 6) is 0. The second-order valence-corrected chi connectivity index (χ2v) is 86.6. The molecular weight excluding hydrogens is 863 g/mol. The molecule has 0 spiro atoms. The van der Waals surface area contributed by atoms with E-state index in [0.29, 0.717) is 28.9 Å². The van der Waals surface area contributed by atoms with E-state index in [9.17, 15) is 0 Å². The summed E-state index contributed by atoms with van der Waals surface area (Å²) in [7, 11) is 0. The molecule has 0 aromatic carbocycles. The van der Waals surface area contributed by atoms with E-state index in [1.807, 2.05) is 0 Å². The predicted molar refractivity (Wildman–Crippen MR) is 143 cm³/mol. The molecule has 8 heteroatoms. The van der Waals surface area contributed by atoms with Gasteiger partial charge in [0, 0.05) is 0 Å². The Kier molecular flexibility index (Phi) is 26.0. The Morgan fingerprint density at radius 1 is 0.375 bits per heavy atom. The molecule has 0 nitrogen and oxygen atoms in total. The van der Waals surface area contributed by atoms with Crippen molar-refractivity contribution in [2.45, 2.75) is 96.5 Å². The van der Waals surface area contributed by atoms with E-state index < -0.39 is 26.2 Å². The van der Waals surface area contributed by atoms with E-state index in [0.717, 1.165) is 0 Å². The van der Waals surface area contributed by atoms with Gasteiger partial charge in [0.05, 0.1) is 0 Å². The molecule has 0 aliphatic carbocycles. The summed E-state index contributed by atoms with van der Waals surface area (Å²) < 4.78 is 9.33. The van der Waals surface area contributed by atoms with Crippen LogP contribution in [-0.2, 0) is 0 Å². The number of hydrogen-bond donors (Lipinski definition) is 0. The van der Waals surface area contributed by atoms with Gasteiger partial charge in [0.15, 0.2) is 0 Å². The fraction of sp³-hybridized carbons (Fsp3) is 1.00. The first kappa shape index (κ1) is 35.3. The van der Waals surface area contributed by atoms with E-state index in [-0.39, 0.29) is 48.5 Å². The molecular formula is C16H50As2Si4Tl2. The number of hydrogen-bond acceptors (Lipinski definition) is 0. The summed E-state index contributed by atoms with van der Waals surface area (Å²) in [6.07, 6.45) is 0. The fourth-order valence-electron chi connectivity index (χ4n) is 2.25. The molecule has 0 bridgehead atoms. The van der Waals surface area contributed by atoms with Gasteiger partial charge in [-0.25, -0.2) is 0 Å². The maximum atomic E-state index is 2.52. The van der Waals surface area contributed by atoms with Crippen LogP contribution in [-0.4, -0.2) is 103 Å². The Bertz CT molecular complexity index is 213. The Hall–Kier alpha value is 3.83. The Morgan fingerprint density at radius 3 is 0.458 bits per heavy atom. The molecule has 0 atom stereocenters. The van der Waals surface area contributed by atoms with Gasteiger partial charge in [-0.2, -0.15) is 0 Å². The molecule has 0 radical (unpaired) electrons. The van der Waals surface area contributed by atoms with Crippen molar-refractivity contribution >= 4 is 103 Å². The quantitative estimate of drug-likeness (QED) is 0.316. The Labute approximate surface area is 197 Å². The molecule has 0 aliphatic heterocycles. The molecule has 0 aromatic heterocycles. The van der Waals surface area contributed by atoms with Crippen LogP contribution in [0.2, 0.25) is 96.5 Å². The molecule has 0 saturated carbocycles. The zero-order chi connectivity index (χ0) is 20.8. The standard InChI is InChI=1S/2C6H19AsSi2.4CH3.2Tl/c2*1-8(2,3)7-9(4,5)6;;;;;;/h2*7H,1-6H3;4*1H3;;. The zero-order valence-corrected chi connectivity index (χ0v) is 37.3. The van der Waals surface area contributed by atoms with Crippen LogP contribution < -0.4 is 0 Å². The van der Waals surface area contributed by atoms with Gasteiger partial charge in [-0.05, 0) is 0 Å². The normalized spacial score (nSPS) is 11.3. The molecule has 0 fully saturated rings. The fourth-order valence-corrected chi connectivity index (χ4v) is 105. The SMILES string of the molecule is C[Si](C)(C)[AsH][Si](C)(C)C.C[Si](C)(C)[AsH][Si](C)(C)C.[CH3][Tl][CH3].[CH3][Tl][CH3]. The molecule has 0 amide bonds. The van der Waals surface area contributed by atoms with Crippen LogP contribution in [0.3, 0.4) is 0 Å². The second-order valence-electron chi connectivity index (χ2n) is 10.4. The van der Waals surface area contributed by atoms with Crippen molar-refractivity contribution < 1.29 is 0 Å². The van der Waals surface area contributed by atoms with Gasteiger partial charge in [-0.3, -0.25) is 0 Å². The minimum absolute atomic E-state index is 0.000000000000000111. The first-order valence-corrected chi connectivity index (χ1v) is 53.9. The summed E-state index contributed by atoms with van der Waals surface area (Å²) in [6, 6.07) is 0. The summed E-state index contributed by atoms with van der Waals surface area (Å²) in [5.41, 5.74) is 0. The summed E-state index contributed by atoms with van der Waals surface area (Å²) in [6.45, 7) is 27.8. The van der Waals surface area contributed by atoms with E-state index in [4.69, 9.17) is 0 Å². The molecule has 0 rings (SSSR count). The molecule has 0 saturated heterocycles. The van der Waals surface area contributed by atoms with Crippen LogP contribution in [0.1, 0.15) is 0 Å². The van der Waals surface area contributed by atoms with Gasteiger partial charge < -0.3 is 0 Å². The van der Waals surface area contributed by atoms with Crippen molar-refractivity contribution in [1.82, 2.24) is 0 Å². The van der Waals surface area contributed by atoms with Crippen molar-refractivity contribution in [3.63, 3.8) is 0 Å². The molecule has 0 unspecified atom stereocenters. The monoisotopic (exact) mass is 914 g/mol. The summed E-state index contributed by atoms with van der Waals surface area (Å²) in [5, 5.41) is 0. The van der Waals surface area contributed by atoms with Gasteiger partial charge in [0.1, 0.15) is 0 Å². The van der Waals surface area contributed by atoms with Crippen molar-refractivity contribution in [2.24, 2.45) is 0 Å². The van der Waals surface area contributed by atoms with Crippen LogP contribution in [0.4, 0.5) is 0 Å². The van der Waals surface area contributed by atoms with Crippen molar-refractivity contribution in [1.29, 1.82) is 0 Å². The van der Waals surface area contributed by atoms with Gasteiger partial charge in [0.25, 0.3) is 0 Å². The van der Waals surface area contributed by atoms with E-state index in [2.05, 4.69) is 96.5 Å². The van der Waals surface area contributed by atoms with Crippen LogP contribution >= 0.6 is 0 Å². The number of rotatable bonds is 4. The second kappa shape index (κ2) is 17.7. The average molecular weight is 914 g/mol. The summed E-state index contributed by atoms with van der Waals surface area (Å²) in [4.78, 5) is 0. The third-order valence-corrected chi connectivity index (χ3v) is 70.1. The predicted octanol–water partition coefficient (Wildman–Crippen LogP) is 5.76. The molecule has 24 heavy (non-hydrogen) atoms. The summed E-state index contributed by atoms with van der Waals surface area (Å²) >= 11 is 0.972. The van der Waals surface area contributed by atoms with Crippen LogP contribution in [0.5, 0.6) is 0 Å².